The van der Waals surface area contributed by atoms with Crippen molar-refractivity contribution in [1.29, 1.82) is 5.26 Å². The van der Waals surface area contributed by atoms with E-state index in [4.69, 9.17) is 0 Å². The van der Waals surface area contributed by atoms with Crippen molar-refractivity contribution in [2.75, 3.05) is 6.54 Å². The van der Waals surface area contributed by atoms with Crippen LogP contribution in [0.25, 0.3) is 0 Å². The van der Waals surface area contributed by atoms with Gasteiger partial charge in [0.15, 0.2) is 6.54 Å². The van der Waals surface area contributed by atoms with Gasteiger partial charge in [-0.3, -0.25) is 4.79 Å². The molecule has 2 fully saturated rings. The molecule has 1 amide bonds. The highest BCUT2D eigenvalue weighted by atomic mass is 16.2. The zero-order chi connectivity index (χ0) is 18.0. The number of amides is 1. The Morgan fingerprint density at radius 2 is 1.92 bits per heavy atom. The molecule has 1 aromatic rings. The number of quaternary nitrogens is 1. The third kappa shape index (κ3) is 4.61. The molecule has 0 aliphatic heterocycles. The SMILES string of the molecule is CC(C)c1ccc(C[NH+](CC(=O)N[C@](C)(C#N)C2CC2)C2CC2)cc1. The molecule has 25 heavy (non-hydrogen) atoms. The van der Waals surface area contributed by atoms with Gasteiger partial charge in [-0.2, -0.15) is 5.26 Å². The number of nitriles is 1. The van der Waals surface area contributed by atoms with Crippen LogP contribution >= 0.6 is 0 Å². The van der Waals surface area contributed by atoms with E-state index in [0.29, 0.717) is 24.4 Å². The summed E-state index contributed by atoms with van der Waals surface area (Å²) in [4.78, 5) is 13.9. The number of benzene rings is 1. The van der Waals surface area contributed by atoms with Crippen molar-refractivity contribution in [1.82, 2.24) is 5.32 Å². The molecule has 0 spiro atoms. The summed E-state index contributed by atoms with van der Waals surface area (Å²) >= 11 is 0. The van der Waals surface area contributed by atoms with Crippen LogP contribution in [-0.2, 0) is 11.3 Å². The molecular weight excluding hydrogens is 310 g/mol. The number of carbonyl (C=O) groups excluding carboxylic acids is 1. The fourth-order valence-corrected chi connectivity index (χ4v) is 3.55. The Hall–Kier alpha value is -1.86. The van der Waals surface area contributed by atoms with Crippen molar-refractivity contribution in [3.63, 3.8) is 0 Å². The first kappa shape index (κ1) is 17.9. The number of nitrogens with zero attached hydrogens (tertiary/aromatic N) is 1. The number of carbonyl (C=O) groups is 1. The van der Waals surface area contributed by atoms with Gasteiger partial charge in [-0.25, -0.2) is 0 Å². The van der Waals surface area contributed by atoms with E-state index in [2.05, 4.69) is 49.5 Å². The van der Waals surface area contributed by atoms with Crippen LogP contribution in [0.2, 0.25) is 0 Å². The minimum Gasteiger partial charge on any atom is -0.333 e. The molecule has 2 saturated carbocycles. The number of nitrogens with one attached hydrogen (secondary N) is 2. The summed E-state index contributed by atoms with van der Waals surface area (Å²) in [6.07, 6.45) is 4.49. The highest BCUT2D eigenvalue weighted by molar-refractivity contribution is 5.78. The summed E-state index contributed by atoms with van der Waals surface area (Å²) in [7, 11) is 0. The molecule has 4 heteroatoms. The van der Waals surface area contributed by atoms with E-state index in [1.807, 2.05) is 6.92 Å². The van der Waals surface area contributed by atoms with Gasteiger partial charge in [-0.15, -0.1) is 0 Å². The second-order valence-electron chi connectivity index (χ2n) is 8.32. The monoisotopic (exact) mass is 340 g/mol. The second-order valence-corrected chi connectivity index (χ2v) is 8.32. The standard InChI is InChI=1S/C21H29N3O/c1-15(2)17-6-4-16(5-7-17)12-24(19-10-11-19)13-20(25)23-21(3,14-22)18-8-9-18/h4-7,15,18-19H,8-13H2,1-3H3,(H,23,25)/p+1/t21-/m1/s1. The fourth-order valence-electron chi connectivity index (χ4n) is 3.55. The minimum atomic E-state index is -0.690. The van der Waals surface area contributed by atoms with Gasteiger partial charge < -0.3 is 10.2 Å². The molecule has 4 nitrogen and oxygen atoms in total. The predicted octanol–water partition coefficient (Wildman–Crippen LogP) is 2.17. The van der Waals surface area contributed by atoms with E-state index in [-0.39, 0.29) is 5.91 Å². The Kier molecular flexibility index (Phi) is 5.15. The lowest BCUT2D eigenvalue weighted by Gasteiger charge is -2.25. The summed E-state index contributed by atoms with van der Waals surface area (Å²) in [5.74, 6) is 0.879. The molecule has 2 aliphatic carbocycles. The molecule has 0 heterocycles. The van der Waals surface area contributed by atoms with Gasteiger partial charge in [-0.05, 0) is 37.2 Å². The average molecular weight is 340 g/mol. The fraction of sp³-hybridized carbons (Fsp3) is 0.619. The van der Waals surface area contributed by atoms with E-state index in [0.717, 1.165) is 19.4 Å². The van der Waals surface area contributed by atoms with Crippen LogP contribution in [0.1, 0.15) is 63.5 Å². The molecule has 0 radical (unpaired) electrons. The lowest BCUT2D eigenvalue weighted by atomic mass is 9.98. The van der Waals surface area contributed by atoms with Crippen molar-refractivity contribution in [3.8, 4) is 6.07 Å². The van der Waals surface area contributed by atoms with Crippen molar-refractivity contribution in [2.45, 2.75) is 70.5 Å². The summed E-state index contributed by atoms with van der Waals surface area (Å²) in [6.45, 7) is 7.61. The van der Waals surface area contributed by atoms with Gasteiger partial charge in [0.05, 0.1) is 12.1 Å². The van der Waals surface area contributed by atoms with Crippen LogP contribution in [0.4, 0.5) is 0 Å². The number of hydrogen-bond donors (Lipinski definition) is 2. The molecule has 1 aromatic carbocycles. The van der Waals surface area contributed by atoms with Gasteiger partial charge in [0.1, 0.15) is 12.1 Å². The maximum atomic E-state index is 12.5. The first-order valence-electron chi connectivity index (χ1n) is 9.57. The number of rotatable bonds is 8. The highest BCUT2D eigenvalue weighted by Crippen LogP contribution is 2.39. The first-order valence-corrected chi connectivity index (χ1v) is 9.57. The number of hydrogen-bond acceptors (Lipinski definition) is 2. The molecule has 2 atom stereocenters. The molecule has 0 saturated heterocycles. The Labute approximate surface area is 151 Å². The highest BCUT2D eigenvalue weighted by Gasteiger charge is 2.44. The Morgan fingerprint density at radius 3 is 2.40 bits per heavy atom. The van der Waals surface area contributed by atoms with Gasteiger partial charge in [0.2, 0.25) is 0 Å². The Balaban J connectivity index is 1.60. The molecule has 2 N–H and O–H groups in total. The molecule has 2 aliphatic rings. The van der Waals surface area contributed by atoms with Crippen LogP contribution in [-0.4, -0.2) is 24.0 Å². The normalized spacial score (nSPS) is 20.6. The molecule has 0 bridgehead atoms. The van der Waals surface area contributed by atoms with Crippen molar-refractivity contribution < 1.29 is 9.69 Å². The minimum absolute atomic E-state index is 0.0108. The smallest absolute Gasteiger partial charge is 0.276 e. The summed E-state index contributed by atoms with van der Waals surface area (Å²) in [5.41, 5.74) is 1.94. The Bertz CT molecular complexity index is 653. The molecule has 3 rings (SSSR count). The summed E-state index contributed by atoms with van der Waals surface area (Å²) < 4.78 is 0. The predicted molar refractivity (Wildman–Crippen MR) is 98.0 cm³/mol. The molecule has 0 aromatic heterocycles. The van der Waals surface area contributed by atoms with Crippen LogP contribution in [0.3, 0.4) is 0 Å². The van der Waals surface area contributed by atoms with Gasteiger partial charge in [0.25, 0.3) is 5.91 Å². The van der Waals surface area contributed by atoms with Crippen molar-refractivity contribution in [3.05, 3.63) is 35.4 Å². The first-order chi connectivity index (χ1) is 11.9. The Morgan fingerprint density at radius 1 is 1.28 bits per heavy atom. The van der Waals surface area contributed by atoms with Crippen LogP contribution in [0.5, 0.6) is 0 Å². The van der Waals surface area contributed by atoms with Gasteiger partial charge in [-0.1, -0.05) is 38.1 Å². The second kappa shape index (κ2) is 7.17. The molecule has 134 valence electrons. The zero-order valence-electron chi connectivity index (χ0n) is 15.6. The largest absolute Gasteiger partial charge is 0.333 e. The van der Waals surface area contributed by atoms with E-state index >= 15 is 0 Å². The van der Waals surface area contributed by atoms with E-state index < -0.39 is 5.54 Å². The maximum absolute atomic E-state index is 12.5. The quantitative estimate of drug-likeness (QED) is 0.762. The van der Waals surface area contributed by atoms with E-state index in [1.165, 1.54) is 28.9 Å². The third-order valence-electron chi connectivity index (χ3n) is 5.65. The van der Waals surface area contributed by atoms with E-state index in [9.17, 15) is 10.1 Å². The topological polar surface area (TPSA) is 57.3 Å². The summed E-state index contributed by atoms with van der Waals surface area (Å²) in [5, 5.41) is 12.4. The molecular formula is C21H30N3O+. The van der Waals surface area contributed by atoms with E-state index in [1.54, 1.807) is 0 Å². The lowest BCUT2D eigenvalue weighted by molar-refractivity contribution is -0.917. The van der Waals surface area contributed by atoms with Gasteiger partial charge in [0, 0.05) is 18.4 Å². The third-order valence-corrected chi connectivity index (χ3v) is 5.65. The van der Waals surface area contributed by atoms with Crippen LogP contribution < -0.4 is 10.2 Å². The molecule has 1 unspecified atom stereocenters. The van der Waals surface area contributed by atoms with Crippen molar-refractivity contribution >= 4 is 5.91 Å². The average Bonchev–Trinajstić information content (AvgIpc) is 3.47. The van der Waals surface area contributed by atoms with Gasteiger partial charge >= 0.3 is 0 Å². The maximum Gasteiger partial charge on any atom is 0.276 e. The lowest BCUT2D eigenvalue weighted by Crippen LogP contribution is -3.13. The van der Waals surface area contributed by atoms with Crippen LogP contribution in [0, 0.1) is 17.2 Å². The summed E-state index contributed by atoms with van der Waals surface area (Å²) in [6, 6.07) is 11.7. The van der Waals surface area contributed by atoms with Crippen molar-refractivity contribution in [2.24, 2.45) is 5.92 Å². The van der Waals surface area contributed by atoms with Crippen LogP contribution in [0.15, 0.2) is 24.3 Å². The zero-order valence-corrected chi connectivity index (χ0v) is 15.6.